The fraction of sp³-hybridized carbons (Fsp3) is 0.667. The molecule has 1 aromatic carbocycles. The van der Waals surface area contributed by atoms with E-state index in [4.69, 9.17) is 4.74 Å². The Bertz CT molecular complexity index is 547. The highest BCUT2D eigenvalue weighted by Gasteiger charge is 2.10. The first kappa shape index (κ1) is 24.0. The monoisotopic (exact) mass is 488 g/mol. The summed E-state index contributed by atoms with van der Waals surface area (Å²) in [6, 6.07) is 8.12. The second kappa shape index (κ2) is 14.0. The van der Waals surface area contributed by atoms with Gasteiger partial charge in [0.2, 0.25) is 0 Å². The average molecular weight is 488 g/mol. The molecule has 0 radical (unpaired) electrons. The number of aryl methyl sites for hydroxylation is 1. The zero-order valence-corrected chi connectivity index (χ0v) is 19.5. The quantitative estimate of drug-likeness (QED) is 0.228. The van der Waals surface area contributed by atoms with E-state index in [-0.39, 0.29) is 30.1 Å². The molecule has 0 amide bonds. The molecule has 1 aliphatic heterocycles. The van der Waals surface area contributed by atoms with Gasteiger partial charge in [-0.05, 0) is 77.7 Å². The van der Waals surface area contributed by atoms with Gasteiger partial charge in [-0.15, -0.1) is 24.0 Å². The molecule has 2 rings (SSSR count). The van der Waals surface area contributed by atoms with E-state index in [9.17, 15) is 0 Å². The molecule has 1 unspecified atom stereocenters. The lowest BCUT2D eigenvalue weighted by molar-refractivity contribution is 0.228. The van der Waals surface area contributed by atoms with E-state index in [0.29, 0.717) is 6.54 Å². The lowest BCUT2D eigenvalue weighted by Gasteiger charge is -2.17. The minimum atomic E-state index is 0. The third kappa shape index (κ3) is 9.65. The number of halogens is 1. The van der Waals surface area contributed by atoms with Crippen LogP contribution in [0, 0.1) is 6.92 Å². The molecule has 1 saturated heterocycles. The minimum absolute atomic E-state index is 0. The van der Waals surface area contributed by atoms with Crippen LogP contribution >= 0.6 is 24.0 Å². The molecule has 27 heavy (non-hydrogen) atoms. The highest BCUT2D eigenvalue weighted by molar-refractivity contribution is 14.0. The predicted octanol–water partition coefficient (Wildman–Crippen LogP) is 3.81. The maximum atomic E-state index is 6.01. The summed E-state index contributed by atoms with van der Waals surface area (Å²) in [5.74, 6) is 1.82. The fourth-order valence-electron chi connectivity index (χ4n) is 3.18. The number of rotatable bonds is 10. The number of hydrogen-bond donors (Lipinski definition) is 2. The van der Waals surface area contributed by atoms with Gasteiger partial charge in [0, 0.05) is 13.1 Å². The van der Waals surface area contributed by atoms with Gasteiger partial charge in [-0.1, -0.05) is 18.2 Å². The van der Waals surface area contributed by atoms with E-state index in [2.05, 4.69) is 47.4 Å². The van der Waals surface area contributed by atoms with Crippen molar-refractivity contribution in [2.75, 3.05) is 39.3 Å². The highest BCUT2D eigenvalue weighted by Crippen LogP contribution is 2.17. The summed E-state index contributed by atoms with van der Waals surface area (Å²) < 4.78 is 6.01. The van der Waals surface area contributed by atoms with Crippen molar-refractivity contribution in [1.82, 2.24) is 15.5 Å². The highest BCUT2D eigenvalue weighted by atomic mass is 127. The normalized spacial score (nSPS) is 15.9. The Balaban J connectivity index is 0.00000364. The summed E-state index contributed by atoms with van der Waals surface area (Å²) in [5.41, 5.74) is 1.16. The zero-order valence-electron chi connectivity index (χ0n) is 17.2. The molecular weight excluding hydrogens is 451 g/mol. The van der Waals surface area contributed by atoms with Crippen LogP contribution in [0.5, 0.6) is 5.75 Å². The molecule has 1 heterocycles. The molecule has 1 fully saturated rings. The number of aliphatic imine (C=N–C) groups is 1. The number of para-hydroxylation sites is 1. The van der Waals surface area contributed by atoms with Gasteiger partial charge in [-0.25, -0.2) is 4.99 Å². The second-order valence-corrected chi connectivity index (χ2v) is 7.10. The zero-order chi connectivity index (χ0) is 18.6. The summed E-state index contributed by atoms with van der Waals surface area (Å²) in [6.07, 6.45) is 5.22. The lowest BCUT2D eigenvalue weighted by atomic mass is 10.2. The molecule has 1 atom stereocenters. The maximum Gasteiger partial charge on any atom is 0.191 e. The van der Waals surface area contributed by atoms with E-state index in [1.54, 1.807) is 0 Å². The van der Waals surface area contributed by atoms with Gasteiger partial charge in [-0.2, -0.15) is 0 Å². The number of nitrogens with zero attached hydrogens (tertiary/aromatic N) is 2. The number of likely N-dealkylation sites (tertiary alicyclic amines) is 1. The first-order valence-corrected chi connectivity index (χ1v) is 10.2. The number of hydrogen-bond acceptors (Lipinski definition) is 3. The molecular formula is C21H37IN4O. The van der Waals surface area contributed by atoms with Gasteiger partial charge in [0.05, 0.1) is 6.54 Å². The molecule has 6 heteroatoms. The minimum Gasteiger partial charge on any atom is -0.489 e. The fourth-order valence-corrected chi connectivity index (χ4v) is 3.18. The Morgan fingerprint density at radius 3 is 2.63 bits per heavy atom. The average Bonchev–Trinajstić information content (AvgIpc) is 3.15. The Kier molecular flexibility index (Phi) is 12.5. The molecule has 5 nitrogen and oxygen atoms in total. The molecule has 0 aromatic heterocycles. The van der Waals surface area contributed by atoms with E-state index in [1.165, 1.54) is 45.3 Å². The van der Waals surface area contributed by atoms with Crippen molar-refractivity contribution in [2.45, 2.75) is 52.6 Å². The van der Waals surface area contributed by atoms with Crippen molar-refractivity contribution < 1.29 is 4.74 Å². The summed E-state index contributed by atoms with van der Waals surface area (Å²) in [4.78, 5) is 7.25. The summed E-state index contributed by atoms with van der Waals surface area (Å²) in [7, 11) is 0. The second-order valence-electron chi connectivity index (χ2n) is 7.10. The van der Waals surface area contributed by atoms with E-state index >= 15 is 0 Å². The number of nitrogens with one attached hydrogen (secondary N) is 2. The number of guanidine groups is 1. The van der Waals surface area contributed by atoms with Crippen molar-refractivity contribution in [2.24, 2.45) is 4.99 Å². The van der Waals surface area contributed by atoms with Crippen LogP contribution in [0.15, 0.2) is 29.3 Å². The van der Waals surface area contributed by atoms with Crippen molar-refractivity contribution in [3.05, 3.63) is 29.8 Å². The van der Waals surface area contributed by atoms with Crippen molar-refractivity contribution in [3.63, 3.8) is 0 Å². The van der Waals surface area contributed by atoms with Crippen molar-refractivity contribution in [3.8, 4) is 5.75 Å². The predicted molar refractivity (Wildman–Crippen MR) is 126 cm³/mol. The van der Waals surface area contributed by atoms with Crippen LogP contribution in [0.1, 0.15) is 45.1 Å². The van der Waals surface area contributed by atoms with E-state index < -0.39 is 0 Å². The van der Waals surface area contributed by atoms with Gasteiger partial charge in [-0.3, -0.25) is 0 Å². The smallest absolute Gasteiger partial charge is 0.191 e. The first-order chi connectivity index (χ1) is 12.7. The van der Waals surface area contributed by atoms with Crippen LogP contribution in [-0.2, 0) is 0 Å². The topological polar surface area (TPSA) is 48.9 Å². The van der Waals surface area contributed by atoms with Crippen LogP contribution in [0.4, 0.5) is 0 Å². The van der Waals surface area contributed by atoms with E-state index in [0.717, 1.165) is 30.4 Å². The van der Waals surface area contributed by atoms with Crippen LogP contribution < -0.4 is 15.4 Å². The van der Waals surface area contributed by atoms with Crippen molar-refractivity contribution >= 4 is 29.9 Å². The molecule has 154 valence electrons. The maximum absolute atomic E-state index is 6.01. The largest absolute Gasteiger partial charge is 0.489 e. The standard InChI is InChI=1S/C21H36N4O.HI/c1-4-22-21(23-13-7-8-14-25-15-9-10-16-25)24-17-19(3)26-20-12-6-5-11-18(20)2;/h5-6,11-12,19H,4,7-10,13-17H2,1-3H3,(H2,22,23,24);1H. The molecule has 2 N–H and O–H groups in total. The van der Waals surface area contributed by atoms with Gasteiger partial charge in [0.1, 0.15) is 11.9 Å². The third-order valence-corrected chi connectivity index (χ3v) is 4.66. The van der Waals surface area contributed by atoms with E-state index in [1.807, 2.05) is 18.2 Å². The molecule has 1 aromatic rings. The summed E-state index contributed by atoms with van der Waals surface area (Å²) >= 11 is 0. The molecule has 0 bridgehead atoms. The summed E-state index contributed by atoms with van der Waals surface area (Å²) in [5, 5.41) is 6.76. The molecule has 0 spiro atoms. The Hall–Kier alpha value is -1.02. The van der Waals surface area contributed by atoms with Gasteiger partial charge in [0.25, 0.3) is 0 Å². The first-order valence-electron chi connectivity index (χ1n) is 10.2. The number of benzene rings is 1. The van der Waals surface area contributed by atoms with Crippen LogP contribution in [0.3, 0.4) is 0 Å². The van der Waals surface area contributed by atoms with Crippen LogP contribution in [-0.4, -0.2) is 56.2 Å². The van der Waals surface area contributed by atoms with Gasteiger partial charge >= 0.3 is 0 Å². The molecule has 1 aliphatic rings. The number of unbranched alkanes of at least 4 members (excludes halogenated alkanes) is 1. The lowest BCUT2D eigenvalue weighted by Crippen LogP contribution is -2.38. The summed E-state index contributed by atoms with van der Waals surface area (Å²) in [6.45, 7) is 12.5. The van der Waals surface area contributed by atoms with Gasteiger partial charge in [0.15, 0.2) is 5.96 Å². The van der Waals surface area contributed by atoms with Crippen LogP contribution in [0.2, 0.25) is 0 Å². The number of ether oxygens (including phenoxy) is 1. The molecule has 0 aliphatic carbocycles. The molecule has 0 saturated carbocycles. The Labute approximate surface area is 182 Å². The third-order valence-electron chi connectivity index (χ3n) is 4.66. The van der Waals surface area contributed by atoms with Crippen LogP contribution in [0.25, 0.3) is 0 Å². The SMILES string of the molecule is CCNC(=NCC(C)Oc1ccccc1C)NCCCCN1CCCC1.I. The Morgan fingerprint density at radius 1 is 1.19 bits per heavy atom. The Morgan fingerprint density at radius 2 is 1.93 bits per heavy atom. The van der Waals surface area contributed by atoms with Gasteiger partial charge < -0.3 is 20.3 Å². The van der Waals surface area contributed by atoms with Crippen molar-refractivity contribution in [1.29, 1.82) is 0 Å².